The third-order valence-corrected chi connectivity index (χ3v) is 7.91. The lowest BCUT2D eigenvalue weighted by molar-refractivity contribution is -0.982. The smallest absolute Gasteiger partial charge is 0.203 e. The van der Waals surface area contributed by atoms with Crippen LogP contribution in [0, 0.1) is 0 Å². The van der Waals surface area contributed by atoms with E-state index < -0.39 is 0 Å². The zero-order valence-corrected chi connectivity index (χ0v) is 17.1. The Hall–Kier alpha value is -0.460. The van der Waals surface area contributed by atoms with Crippen molar-refractivity contribution in [3.63, 3.8) is 0 Å². The lowest BCUT2D eigenvalue weighted by Crippen LogP contribution is -3.27. The largest absolute Gasteiger partial charge is 0.357 e. The Morgan fingerprint density at radius 1 is 0.963 bits per heavy atom. The second-order valence-electron chi connectivity index (χ2n) is 9.66. The maximum Gasteiger partial charge on any atom is 0.203 e. The number of rotatable bonds is 2. The SMILES string of the molecule is CCC1C=CCCC2(CC3CCC4CC5(CCCC(CC)O5)NC(N2)[NH+]34)O1. The normalized spacial score (nSPS) is 52.1. The summed E-state index contributed by atoms with van der Waals surface area (Å²) >= 11 is 0. The summed E-state index contributed by atoms with van der Waals surface area (Å²) in [4.78, 5) is 1.74. The van der Waals surface area contributed by atoms with Crippen LogP contribution in [0.3, 0.4) is 0 Å². The van der Waals surface area contributed by atoms with Crippen molar-refractivity contribution in [2.24, 2.45) is 0 Å². The van der Waals surface area contributed by atoms with Gasteiger partial charge in [-0.3, -0.25) is 0 Å². The maximum atomic E-state index is 6.71. The summed E-state index contributed by atoms with van der Waals surface area (Å²) in [5.74, 6) is 0. The highest BCUT2D eigenvalue weighted by Crippen LogP contribution is 2.38. The van der Waals surface area contributed by atoms with E-state index in [0.29, 0.717) is 12.1 Å². The van der Waals surface area contributed by atoms with Gasteiger partial charge >= 0.3 is 0 Å². The van der Waals surface area contributed by atoms with Gasteiger partial charge in [-0.2, -0.15) is 0 Å². The molecule has 5 heterocycles. The molecule has 4 saturated heterocycles. The predicted octanol–water partition coefficient (Wildman–Crippen LogP) is 2.19. The zero-order chi connectivity index (χ0) is 18.5. The molecule has 0 bridgehead atoms. The topological polar surface area (TPSA) is 47.0 Å². The summed E-state index contributed by atoms with van der Waals surface area (Å²) < 4.78 is 13.4. The van der Waals surface area contributed by atoms with Gasteiger partial charge in [0.1, 0.15) is 11.4 Å². The summed E-state index contributed by atoms with van der Waals surface area (Å²) in [6.07, 6.45) is 18.6. The fourth-order valence-electron chi connectivity index (χ4n) is 6.65. The van der Waals surface area contributed by atoms with Gasteiger partial charge in [0.05, 0.1) is 24.3 Å². The van der Waals surface area contributed by atoms with Crippen molar-refractivity contribution in [1.82, 2.24) is 10.6 Å². The molecular weight excluding hydrogens is 338 g/mol. The van der Waals surface area contributed by atoms with Crippen LogP contribution in [0.1, 0.15) is 84.5 Å². The van der Waals surface area contributed by atoms with Crippen molar-refractivity contribution >= 4 is 0 Å². The lowest BCUT2D eigenvalue weighted by atomic mass is 9.88. The highest BCUT2D eigenvalue weighted by molar-refractivity contribution is 5.02. The van der Waals surface area contributed by atoms with Gasteiger partial charge in [-0.25, -0.2) is 10.6 Å². The molecule has 0 saturated carbocycles. The second kappa shape index (κ2) is 7.10. The summed E-state index contributed by atoms with van der Waals surface area (Å²) in [6.45, 7) is 4.50. The van der Waals surface area contributed by atoms with Gasteiger partial charge in [0, 0.05) is 25.7 Å². The Labute approximate surface area is 164 Å². The molecular formula is C22H38N3O2+. The molecule has 5 aliphatic heterocycles. The zero-order valence-electron chi connectivity index (χ0n) is 17.1. The number of nitrogens with one attached hydrogen (secondary N) is 3. The Morgan fingerprint density at radius 2 is 1.70 bits per heavy atom. The molecule has 8 unspecified atom stereocenters. The minimum absolute atomic E-state index is 0.120. The fourth-order valence-corrected chi connectivity index (χ4v) is 6.65. The molecule has 4 fully saturated rings. The first kappa shape index (κ1) is 18.6. The van der Waals surface area contributed by atoms with E-state index in [4.69, 9.17) is 9.47 Å². The summed E-state index contributed by atoms with van der Waals surface area (Å²) in [5, 5.41) is 7.98. The first-order valence-electron chi connectivity index (χ1n) is 11.6. The van der Waals surface area contributed by atoms with Crippen molar-refractivity contribution in [3.05, 3.63) is 12.2 Å². The molecule has 0 aromatic carbocycles. The number of quaternary nitrogens is 1. The molecule has 27 heavy (non-hydrogen) atoms. The average molecular weight is 377 g/mol. The van der Waals surface area contributed by atoms with Crippen molar-refractivity contribution in [3.8, 4) is 0 Å². The minimum atomic E-state index is -0.178. The van der Waals surface area contributed by atoms with E-state index in [1.165, 1.54) is 32.1 Å². The van der Waals surface area contributed by atoms with Crippen LogP contribution in [0.4, 0.5) is 0 Å². The van der Waals surface area contributed by atoms with Crippen molar-refractivity contribution < 1.29 is 14.4 Å². The molecule has 3 N–H and O–H groups in total. The lowest BCUT2D eigenvalue weighted by Gasteiger charge is -2.56. The van der Waals surface area contributed by atoms with Gasteiger partial charge in [0.2, 0.25) is 6.29 Å². The number of allylic oxidation sites excluding steroid dienone is 1. The monoisotopic (exact) mass is 376 g/mol. The third kappa shape index (κ3) is 3.29. The van der Waals surface area contributed by atoms with E-state index in [0.717, 1.165) is 44.6 Å². The van der Waals surface area contributed by atoms with Gasteiger partial charge in [-0.15, -0.1) is 0 Å². The Balaban J connectivity index is 1.39. The van der Waals surface area contributed by atoms with E-state index in [-0.39, 0.29) is 23.8 Å². The quantitative estimate of drug-likeness (QED) is 0.647. The molecule has 0 amide bonds. The summed E-state index contributed by atoms with van der Waals surface area (Å²) in [5.41, 5.74) is -0.298. The molecule has 5 rings (SSSR count). The molecule has 8 atom stereocenters. The summed E-state index contributed by atoms with van der Waals surface area (Å²) in [7, 11) is 0. The molecule has 0 aromatic heterocycles. The first-order valence-corrected chi connectivity index (χ1v) is 11.6. The van der Waals surface area contributed by atoms with Crippen molar-refractivity contribution in [1.29, 1.82) is 0 Å². The Morgan fingerprint density at radius 3 is 2.41 bits per heavy atom. The standard InChI is InChI=1S/C22H37N3O2/c1-3-18-8-5-6-12-21(26-18)14-16-10-11-17-15-22(24-20(23-21)25(16)17)13-7-9-19(4-2)27-22/h5,8,16-20,23-24H,3-4,6-7,9-15H2,1-2H3/p+1. The second-order valence-corrected chi connectivity index (χ2v) is 9.66. The Bertz CT molecular complexity index is 584. The fraction of sp³-hybridized carbons (Fsp3) is 0.909. The van der Waals surface area contributed by atoms with Crippen LogP contribution in [0.15, 0.2) is 12.2 Å². The van der Waals surface area contributed by atoms with E-state index >= 15 is 0 Å². The van der Waals surface area contributed by atoms with Gasteiger partial charge < -0.3 is 14.4 Å². The molecule has 5 aliphatic rings. The third-order valence-electron chi connectivity index (χ3n) is 7.91. The number of ether oxygens (including phenoxy) is 2. The summed E-state index contributed by atoms with van der Waals surface area (Å²) in [6, 6.07) is 1.44. The highest BCUT2D eigenvalue weighted by atomic mass is 16.5. The molecule has 0 aliphatic carbocycles. The van der Waals surface area contributed by atoms with Crippen LogP contribution < -0.4 is 15.5 Å². The van der Waals surface area contributed by atoms with Crippen LogP contribution in [-0.4, -0.2) is 42.0 Å². The van der Waals surface area contributed by atoms with Crippen LogP contribution in [-0.2, 0) is 9.47 Å². The molecule has 152 valence electrons. The average Bonchev–Trinajstić information content (AvgIpc) is 2.95. The molecule has 2 spiro atoms. The van der Waals surface area contributed by atoms with Crippen LogP contribution in [0.2, 0.25) is 0 Å². The number of hydrogen-bond acceptors (Lipinski definition) is 4. The highest BCUT2D eigenvalue weighted by Gasteiger charge is 2.60. The van der Waals surface area contributed by atoms with Crippen LogP contribution >= 0.6 is 0 Å². The molecule has 5 heteroatoms. The van der Waals surface area contributed by atoms with E-state index in [1.54, 1.807) is 4.90 Å². The van der Waals surface area contributed by atoms with Gasteiger partial charge in [0.25, 0.3) is 0 Å². The van der Waals surface area contributed by atoms with E-state index in [2.05, 4.69) is 36.6 Å². The van der Waals surface area contributed by atoms with Crippen molar-refractivity contribution in [2.75, 3.05) is 0 Å². The molecule has 0 radical (unpaired) electrons. The predicted molar refractivity (Wildman–Crippen MR) is 105 cm³/mol. The molecule has 0 aromatic rings. The van der Waals surface area contributed by atoms with E-state index in [9.17, 15) is 0 Å². The maximum absolute atomic E-state index is 6.71. The first-order chi connectivity index (χ1) is 13.1. The van der Waals surface area contributed by atoms with Gasteiger partial charge in [-0.05, 0) is 44.9 Å². The Kier molecular flexibility index (Phi) is 4.88. The molecule has 5 nitrogen and oxygen atoms in total. The van der Waals surface area contributed by atoms with E-state index in [1.807, 2.05) is 0 Å². The van der Waals surface area contributed by atoms with Gasteiger partial charge in [-0.1, -0.05) is 26.0 Å². The van der Waals surface area contributed by atoms with Gasteiger partial charge in [0.15, 0.2) is 0 Å². The number of hydrogen-bond donors (Lipinski definition) is 3. The van der Waals surface area contributed by atoms with Crippen LogP contribution in [0.5, 0.6) is 0 Å². The van der Waals surface area contributed by atoms with Crippen LogP contribution in [0.25, 0.3) is 0 Å². The minimum Gasteiger partial charge on any atom is -0.357 e. The van der Waals surface area contributed by atoms with Crippen molar-refractivity contribution in [2.45, 2.75) is 127 Å².